The number of hydrogen-bond acceptors (Lipinski definition) is 3. The number of benzene rings is 2. The fourth-order valence-corrected chi connectivity index (χ4v) is 3.93. The molecule has 0 aromatic heterocycles. The summed E-state index contributed by atoms with van der Waals surface area (Å²) in [7, 11) is 0. The highest BCUT2D eigenvalue weighted by molar-refractivity contribution is 6.05. The van der Waals surface area contributed by atoms with E-state index in [-0.39, 0.29) is 5.91 Å². The molecule has 3 N–H and O–H groups in total. The minimum absolute atomic E-state index is 0.139. The number of carbonyl (C=O) groups excluding carboxylic acids is 1. The van der Waals surface area contributed by atoms with Gasteiger partial charge in [-0.15, -0.1) is 0 Å². The molecule has 146 valence electrons. The van der Waals surface area contributed by atoms with Crippen molar-refractivity contribution in [2.24, 2.45) is 5.92 Å². The third-order valence-electron chi connectivity index (χ3n) is 5.74. The van der Waals surface area contributed by atoms with E-state index in [0.717, 1.165) is 18.0 Å². The quantitative estimate of drug-likeness (QED) is 0.684. The Hall–Kier alpha value is -2.59. The van der Waals surface area contributed by atoms with Crippen molar-refractivity contribution in [2.45, 2.75) is 38.6 Å². The molecule has 2 aromatic rings. The molecule has 0 bridgehead atoms. The largest absolute Gasteiger partial charge is 0.397 e. The van der Waals surface area contributed by atoms with Gasteiger partial charge in [-0.1, -0.05) is 43.7 Å². The van der Waals surface area contributed by atoms with Gasteiger partial charge >= 0.3 is 0 Å². The number of nitrogens with one attached hydrogen (secondary N) is 1. The lowest BCUT2D eigenvalue weighted by molar-refractivity contribution is 0.102. The molecule has 2 aliphatic rings. The maximum absolute atomic E-state index is 12.5. The molecule has 1 atom stereocenters. The summed E-state index contributed by atoms with van der Waals surface area (Å²) >= 11 is 0. The molecule has 4 nitrogen and oxygen atoms in total. The zero-order valence-electron chi connectivity index (χ0n) is 16.5. The van der Waals surface area contributed by atoms with Crippen LogP contribution < -0.4 is 11.1 Å². The van der Waals surface area contributed by atoms with Gasteiger partial charge in [-0.2, -0.15) is 0 Å². The lowest BCUT2D eigenvalue weighted by Gasteiger charge is -2.44. The monoisotopic (exact) mass is 375 g/mol. The number of nitrogen functional groups attached to an aromatic ring is 1. The summed E-state index contributed by atoms with van der Waals surface area (Å²) in [6, 6.07) is 15.7. The Bertz CT molecular complexity index is 868. The van der Waals surface area contributed by atoms with Crippen LogP contribution in [0.15, 0.2) is 54.1 Å². The number of anilines is 2. The van der Waals surface area contributed by atoms with Gasteiger partial charge in [-0.05, 0) is 60.6 Å². The number of likely N-dealkylation sites (tertiary alicyclic amines) is 1. The molecule has 1 saturated carbocycles. The van der Waals surface area contributed by atoms with Crippen LogP contribution in [0.1, 0.15) is 48.5 Å². The van der Waals surface area contributed by atoms with E-state index in [1.165, 1.54) is 37.8 Å². The molecule has 1 unspecified atom stereocenters. The summed E-state index contributed by atoms with van der Waals surface area (Å²) in [6.45, 7) is 4.62. The smallest absolute Gasteiger partial charge is 0.255 e. The SMILES string of the molecule is CCCC1C(=Cc2ccc(C(=O)Nc3ccccc3N)cc2)CN1CC1CC1. The number of rotatable bonds is 7. The molecule has 0 radical (unpaired) electrons. The molecule has 2 fully saturated rings. The second-order valence-corrected chi connectivity index (χ2v) is 8.06. The first-order valence-corrected chi connectivity index (χ1v) is 10.3. The van der Waals surface area contributed by atoms with Gasteiger partial charge in [0.1, 0.15) is 0 Å². The van der Waals surface area contributed by atoms with Gasteiger partial charge in [0, 0.05) is 24.7 Å². The van der Waals surface area contributed by atoms with Crippen molar-refractivity contribution >= 4 is 23.4 Å². The van der Waals surface area contributed by atoms with Crippen LogP contribution >= 0.6 is 0 Å². The van der Waals surface area contributed by atoms with Crippen molar-refractivity contribution in [3.8, 4) is 0 Å². The topological polar surface area (TPSA) is 58.4 Å². The highest BCUT2D eigenvalue weighted by atomic mass is 16.1. The van der Waals surface area contributed by atoms with Crippen LogP contribution in [0.25, 0.3) is 6.08 Å². The number of carbonyl (C=O) groups is 1. The van der Waals surface area contributed by atoms with Gasteiger partial charge in [-0.25, -0.2) is 0 Å². The average Bonchev–Trinajstić information content (AvgIpc) is 3.52. The number of nitrogens with two attached hydrogens (primary N) is 1. The third kappa shape index (κ3) is 4.28. The van der Waals surface area contributed by atoms with Gasteiger partial charge in [0.15, 0.2) is 0 Å². The Labute approximate surface area is 167 Å². The van der Waals surface area contributed by atoms with Crippen LogP contribution in [-0.2, 0) is 0 Å². The summed E-state index contributed by atoms with van der Waals surface area (Å²) in [5.74, 6) is 0.803. The van der Waals surface area contributed by atoms with E-state index in [1.54, 1.807) is 6.07 Å². The van der Waals surface area contributed by atoms with E-state index in [0.29, 0.717) is 23.0 Å². The van der Waals surface area contributed by atoms with Crippen LogP contribution in [0.4, 0.5) is 11.4 Å². The molecule has 1 heterocycles. The molecule has 2 aromatic carbocycles. The summed E-state index contributed by atoms with van der Waals surface area (Å²) < 4.78 is 0. The molecule has 1 aliphatic carbocycles. The molecule has 4 heteroatoms. The highest BCUT2D eigenvalue weighted by Gasteiger charge is 2.36. The van der Waals surface area contributed by atoms with E-state index < -0.39 is 0 Å². The molecule has 1 aliphatic heterocycles. The minimum Gasteiger partial charge on any atom is -0.397 e. The average molecular weight is 376 g/mol. The second-order valence-electron chi connectivity index (χ2n) is 8.06. The fraction of sp³-hybridized carbons (Fsp3) is 0.375. The molecule has 0 spiro atoms. The molecular formula is C24H29N3O. The van der Waals surface area contributed by atoms with Gasteiger partial charge in [0.05, 0.1) is 11.4 Å². The highest BCUT2D eigenvalue weighted by Crippen LogP contribution is 2.36. The van der Waals surface area contributed by atoms with Crippen molar-refractivity contribution in [1.82, 2.24) is 4.90 Å². The summed E-state index contributed by atoms with van der Waals surface area (Å²) in [5, 5.41) is 2.88. The van der Waals surface area contributed by atoms with Crippen molar-refractivity contribution in [2.75, 3.05) is 24.1 Å². The van der Waals surface area contributed by atoms with Gasteiger partial charge in [0.25, 0.3) is 5.91 Å². The standard InChI is InChI=1S/C24H29N3O/c1-2-5-23-20(16-27(23)15-18-8-9-18)14-17-10-12-19(13-11-17)24(28)26-22-7-4-3-6-21(22)25/h3-4,6-7,10-14,18,23H,2,5,8-9,15-16,25H2,1H3,(H,26,28). The van der Waals surface area contributed by atoms with Crippen molar-refractivity contribution in [3.05, 3.63) is 65.2 Å². The first-order chi connectivity index (χ1) is 13.6. The zero-order chi connectivity index (χ0) is 19.5. The van der Waals surface area contributed by atoms with Crippen LogP contribution in [0, 0.1) is 5.92 Å². The van der Waals surface area contributed by atoms with Crippen LogP contribution in [0.3, 0.4) is 0 Å². The Morgan fingerprint density at radius 2 is 1.93 bits per heavy atom. The third-order valence-corrected chi connectivity index (χ3v) is 5.74. The Morgan fingerprint density at radius 3 is 2.61 bits per heavy atom. The lowest BCUT2D eigenvalue weighted by atomic mass is 9.89. The molecule has 4 rings (SSSR count). The summed E-state index contributed by atoms with van der Waals surface area (Å²) in [5.41, 5.74) is 10.4. The predicted molar refractivity (Wildman–Crippen MR) is 116 cm³/mol. The van der Waals surface area contributed by atoms with Gasteiger partial charge < -0.3 is 11.1 Å². The van der Waals surface area contributed by atoms with Crippen molar-refractivity contribution < 1.29 is 4.79 Å². The summed E-state index contributed by atoms with van der Waals surface area (Å²) in [6.07, 6.45) is 7.57. The van der Waals surface area contributed by atoms with E-state index >= 15 is 0 Å². The molecule has 1 saturated heterocycles. The number of hydrogen-bond donors (Lipinski definition) is 2. The normalized spacial score (nSPS) is 20.8. The van der Waals surface area contributed by atoms with E-state index in [1.807, 2.05) is 42.5 Å². The number of nitrogens with zero attached hydrogens (tertiary/aromatic N) is 1. The first kappa shape index (κ1) is 18.8. The second kappa shape index (κ2) is 8.19. The van der Waals surface area contributed by atoms with Gasteiger partial charge in [0.2, 0.25) is 0 Å². The van der Waals surface area contributed by atoms with Gasteiger partial charge in [-0.3, -0.25) is 9.69 Å². The number of para-hydroxylation sites is 2. The van der Waals surface area contributed by atoms with E-state index in [4.69, 9.17) is 5.73 Å². The lowest BCUT2D eigenvalue weighted by Crippen LogP contribution is -2.50. The molecule has 28 heavy (non-hydrogen) atoms. The molecule has 1 amide bonds. The van der Waals surface area contributed by atoms with E-state index in [9.17, 15) is 4.79 Å². The van der Waals surface area contributed by atoms with Crippen molar-refractivity contribution in [3.63, 3.8) is 0 Å². The maximum Gasteiger partial charge on any atom is 0.255 e. The first-order valence-electron chi connectivity index (χ1n) is 10.3. The number of amides is 1. The summed E-state index contributed by atoms with van der Waals surface area (Å²) in [4.78, 5) is 15.1. The molecular weight excluding hydrogens is 346 g/mol. The minimum atomic E-state index is -0.139. The Morgan fingerprint density at radius 1 is 1.18 bits per heavy atom. The van der Waals surface area contributed by atoms with Crippen LogP contribution in [0.2, 0.25) is 0 Å². The predicted octanol–water partition coefficient (Wildman–Crippen LogP) is 4.80. The van der Waals surface area contributed by atoms with E-state index in [2.05, 4.69) is 23.2 Å². The Kier molecular flexibility index (Phi) is 5.49. The Balaban J connectivity index is 1.40. The van der Waals surface area contributed by atoms with Crippen LogP contribution in [-0.4, -0.2) is 29.9 Å². The maximum atomic E-state index is 12.5. The zero-order valence-corrected chi connectivity index (χ0v) is 16.5. The van der Waals surface area contributed by atoms with Crippen LogP contribution in [0.5, 0.6) is 0 Å². The fourth-order valence-electron chi connectivity index (χ4n) is 3.93. The van der Waals surface area contributed by atoms with Crippen molar-refractivity contribution in [1.29, 1.82) is 0 Å².